The molecule has 0 aliphatic heterocycles. The van der Waals surface area contributed by atoms with Crippen LogP contribution >= 0.6 is 11.3 Å². The first kappa shape index (κ1) is 16.1. The minimum Gasteiger partial charge on any atom is -0.304 e. The van der Waals surface area contributed by atoms with E-state index < -0.39 is 0 Å². The van der Waals surface area contributed by atoms with Gasteiger partial charge in [0.15, 0.2) is 0 Å². The molecule has 0 bridgehead atoms. The summed E-state index contributed by atoms with van der Waals surface area (Å²) in [5.74, 6) is -0.507. The molecule has 0 unspecified atom stereocenters. The molecule has 0 spiro atoms. The molecule has 0 atom stereocenters. The largest absolute Gasteiger partial charge is 0.304 e. The number of carbonyl (C=O) groups is 1. The molecule has 120 valence electrons. The Labute approximate surface area is 143 Å². The van der Waals surface area contributed by atoms with Gasteiger partial charge in [-0.25, -0.2) is 4.39 Å². The Morgan fingerprint density at radius 2 is 1.96 bits per heavy atom. The molecular formula is C19H15FN2OS. The average molecular weight is 338 g/mol. The lowest BCUT2D eigenvalue weighted by atomic mass is 10.2. The van der Waals surface area contributed by atoms with Crippen LogP contribution in [0.5, 0.6) is 0 Å². The Kier molecular flexibility index (Phi) is 5.13. The van der Waals surface area contributed by atoms with Crippen molar-refractivity contribution in [1.29, 1.82) is 0 Å². The zero-order chi connectivity index (χ0) is 16.8. The van der Waals surface area contributed by atoms with Gasteiger partial charge in [0.05, 0.1) is 12.2 Å². The van der Waals surface area contributed by atoms with E-state index in [9.17, 15) is 9.18 Å². The van der Waals surface area contributed by atoms with E-state index in [1.165, 1.54) is 18.2 Å². The van der Waals surface area contributed by atoms with Crippen LogP contribution in [0.15, 0.2) is 72.3 Å². The van der Waals surface area contributed by atoms with E-state index in [0.29, 0.717) is 17.9 Å². The SMILES string of the molecule is O=C(/C=C\c1ccccn1)N(Cc1cccs1)c1ccc(F)cc1. The van der Waals surface area contributed by atoms with Crippen LogP contribution in [0.2, 0.25) is 0 Å². The normalized spacial score (nSPS) is 10.9. The fraction of sp³-hybridized carbons (Fsp3) is 0.0526. The molecule has 2 aromatic heterocycles. The predicted molar refractivity (Wildman–Crippen MR) is 95.2 cm³/mol. The van der Waals surface area contributed by atoms with Crippen LogP contribution in [0.1, 0.15) is 10.6 Å². The van der Waals surface area contributed by atoms with Gasteiger partial charge in [-0.1, -0.05) is 12.1 Å². The van der Waals surface area contributed by atoms with Gasteiger partial charge < -0.3 is 4.90 Å². The molecular weight excluding hydrogens is 323 g/mol. The maximum atomic E-state index is 13.2. The van der Waals surface area contributed by atoms with Crippen molar-refractivity contribution < 1.29 is 9.18 Å². The van der Waals surface area contributed by atoms with Gasteiger partial charge in [-0.2, -0.15) is 0 Å². The fourth-order valence-electron chi connectivity index (χ4n) is 2.20. The molecule has 0 aliphatic rings. The second kappa shape index (κ2) is 7.66. The first-order valence-corrected chi connectivity index (χ1v) is 8.29. The number of thiophene rings is 1. The molecule has 0 radical (unpaired) electrons. The van der Waals surface area contributed by atoms with E-state index in [1.807, 2.05) is 35.7 Å². The summed E-state index contributed by atoms with van der Waals surface area (Å²) in [5, 5.41) is 1.96. The van der Waals surface area contributed by atoms with Crippen molar-refractivity contribution in [3.63, 3.8) is 0 Å². The van der Waals surface area contributed by atoms with Gasteiger partial charge in [-0.3, -0.25) is 9.78 Å². The minimum atomic E-state index is -0.327. The smallest absolute Gasteiger partial charge is 0.251 e. The summed E-state index contributed by atoms with van der Waals surface area (Å²) in [5.41, 5.74) is 1.36. The third-order valence-electron chi connectivity index (χ3n) is 3.38. The van der Waals surface area contributed by atoms with Gasteiger partial charge in [0.1, 0.15) is 5.82 Å². The van der Waals surface area contributed by atoms with E-state index in [4.69, 9.17) is 0 Å². The van der Waals surface area contributed by atoms with Gasteiger partial charge in [0.25, 0.3) is 5.91 Å². The molecule has 1 amide bonds. The predicted octanol–water partition coefficient (Wildman–Crippen LogP) is 4.53. The number of nitrogens with zero attached hydrogens (tertiary/aromatic N) is 2. The second-order valence-corrected chi connectivity index (χ2v) is 6.10. The third kappa shape index (κ3) is 4.14. The van der Waals surface area contributed by atoms with Crippen molar-refractivity contribution in [2.45, 2.75) is 6.54 Å². The van der Waals surface area contributed by atoms with Crippen LogP contribution in [0, 0.1) is 5.82 Å². The van der Waals surface area contributed by atoms with Crippen molar-refractivity contribution in [3.8, 4) is 0 Å². The first-order chi connectivity index (χ1) is 11.7. The molecule has 0 aliphatic carbocycles. The maximum absolute atomic E-state index is 13.2. The lowest BCUT2D eigenvalue weighted by Gasteiger charge is -2.20. The lowest BCUT2D eigenvalue weighted by molar-refractivity contribution is -0.114. The number of benzene rings is 1. The Morgan fingerprint density at radius 1 is 1.12 bits per heavy atom. The number of aromatic nitrogens is 1. The molecule has 0 N–H and O–H groups in total. The Bertz CT molecular complexity index is 814. The van der Waals surface area contributed by atoms with Crippen LogP contribution in [0.25, 0.3) is 6.08 Å². The molecule has 2 heterocycles. The highest BCUT2D eigenvalue weighted by Crippen LogP contribution is 2.21. The van der Waals surface area contributed by atoms with Crippen LogP contribution < -0.4 is 4.90 Å². The minimum absolute atomic E-state index is 0.180. The summed E-state index contributed by atoms with van der Waals surface area (Å²) in [6.45, 7) is 0.439. The number of pyridine rings is 1. The molecule has 24 heavy (non-hydrogen) atoms. The highest BCUT2D eigenvalue weighted by atomic mass is 32.1. The Morgan fingerprint density at radius 3 is 2.62 bits per heavy atom. The summed E-state index contributed by atoms with van der Waals surface area (Å²) in [7, 11) is 0. The molecule has 1 aromatic carbocycles. The molecule has 0 saturated carbocycles. The lowest BCUT2D eigenvalue weighted by Crippen LogP contribution is -2.28. The van der Waals surface area contributed by atoms with E-state index >= 15 is 0 Å². The summed E-state index contributed by atoms with van der Waals surface area (Å²) < 4.78 is 13.2. The van der Waals surface area contributed by atoms with E-state index in [-0.39, 0.29) is 11.7 Å². The highest BCUT2D eigenvalue weighted by molar-refractivity contribution is 7.09. The molecule has 3 nitrogen and oxygen atoms in total. The van der Waals surface area contributed by atoms with E-state index in [1.54, 1.807) is 40.6 Å². The van der Waals surface area contributed by atoms with Crippen molar-refractivity contribution >= 4 is 29.0 Å². The molecule has 3 rings (SSSR count). The van der Waals surface area contributed by atoms with Crippen molar-refractivity contribution in [1.82, 2.24) is 4.98 Å². The molecule has 0 saturated heterocycles. The summed E-state index contributed by atoms with van der Waals surface area (Å²) in [4.78, 5) is 19.5. The van der Waals surface area contributed by atoms with Crippen molar-refractivity contribution in [2.24, 2.45) is 0 Å². The number of amides is 1. The van der Waals surface area contributed by atoms with E-state index in [0.717, 1.165) is 4.88 Å². The van der Waals surface area contributed by atoms with Gasteiger partial charge in [0, 0.05) is 22.8 Å². The molecule has 5 heteroatoms. The first-order valence-electron chi connectivity index (χ1n) is 7.41. The molecule has 0 fully saturated rings. The summed E-state index contributed by atoms with van der Waals surface area (Å²) >= 11 is 1.58. The quantitative estimate of drug-likeness (QED) is 0.641. The fourth-order valence-corrected chi connectivity index (χ4v) is 2.89. The zero-order valence-corrected chi connectivity index (χ0v) is 13.6. The van der Waals surface area contributed by atoms with Gasteiger partial charge >= 0.3 is 0 Å². The zero-order valence-electron chi connectivity index (χ0n) is 12.8. The van der Waals surface area contributed by atoms with Crippen LogP contribution in [-0.2, 0) is 11.3 Å². The summed E-state index contributed by atoms with van der Waals surface area (Å²) in [6, 6.07) is 15.3. The highest BCUT2D eigenvalue weighted by Gasteiger charge is 2.14. The van der Waals surface area contributed by atoms with Gasteiger partial charge in [0.2, 0.25) is 0 Å². The standard InChI is InChI=1S/C19H15FN2OS/c20-15-6-9-17(10-7-15)22(14-18-5-3-13-24-18)19(23)11-8-16-4-1-2-12-21-16/h1-13H,14H2/b11-8-. The van der Waals surface area contributed by atoms with Crippen LogP contribution in [0.3, 0.4) is 0 Å². The Hall–Kier alpha value is -2.79. The number of anilines is 1. The topological polar surface area (TPSA) is 33.2 Å². The number of carbonyl (C=O) groups excluding carboxylic acids is 1. The van der Waals surface area contributed by atoms with Crippen LogP contribution in [0.4, 0.5) is 10.1 Å². The van der Waals surface area contributed by atoms with Crippen molar-refractivity contribution in [2.75, 3.05) is 4.90 Å². The summed E-state index contributed by atoms with van der Waals surface area (Å²) in [6.07, 6.45) is 4.83. The monoisotopic (exact) mass is 338 g/mol. The van der Waals surface area contributed by atoms with Gasteiger partial charge in [-0.05, 0) is 53.9 Å². The van der Waals surface area contributed by atoms with Gasteiger partial charge in [-0.15, -0.1) is 11.3 Å². The Balaban J connectivity index is 1.84. The van der Waals surface area contributed by atoms with Crippen molar-refractivity contribution in [3.05, 3.63) is 88.6 Å². The van der Waals surface area contributed by atoms with Crippen LogP contribution in [-0.4, -0.2) is 10.9 Å². The number of halogens is 1. The maximum Gasteiger partial charge on any atom is 0.251 e. The number of hydrogen-bond donors (Lipinski definition) is 0. The molecule has 3 aromatic rings. The number of rotatable bonds is 5. The van der Waals surface area contributed by atoms with E-state index in [2.05, 4.69) is 4.98 Å². The average Bonchev–Trinajstić information content (AvgIpc) is 3.13. The number of hydrogen-bond acceptors (Lipinski definition) is 3. The third-order valence-corrected chi connectivity index (χ3v) is 4.24. The second-order valence-electron chi connectivity index (χ2n) is 5.07.